The van der Waals surface area contributed by atoms with Gasteiger partial charge in [-0.3, -0.25) is 0 Å². The third-order valence-corrected chi connectivity index (χ3v) is 3.57. The molecule has 0 aromatic heterocycles. The Morgan fingerprint density at radius 2 is 1.89 bits per heavy atom. The van der Waals surface area contributed by atoms with Crippen LogP contribution in [0.4, 0.5) is 10.1 Å². The first-order valence-electron chi connectivity index (χ1n) is 5.62. The van der Waals surface area contributed by atoms with Gasteiger partial charge in [0, 0.05) is 27.9 Å². The van der Waals surface area contributed by atoms with Crippen molar-refractivity contribution in [1.29, 1.82) is 0 Å². The molecule has 0 spiro atoms. The highest BCUT2D eigenvalue weighted by Crippen LogP contribution is 2.21. The Balaban J connectivity index is 1.74. The summed E-state index contributed by atoms with van der Waals surface area (Å²) in [6, 6.07) is 14.2. The molecule has 94 valence electrons. The molecule has 2 aromatic rings. The Morgan fingerprint density at radius 3 is 2.61 bits per heavy atom. The van der Waals surface area contributed by atoms with E-state index in [0.717, 1.165) is 27.9 Å². The first-order chi connectivity index (χ1) is 8.74. The molecule has 0 aliphatic rings. The van der Waals surface area contributed by atoms with E-state index in [1.54, 1.807) is 23.9 Å². The molecule has 0 saturated carbocycles. The lowest BCUT2D eigenvalue weighted by Crippen LogP contribution is -2.03. The molecular weight excluding hydrogens is 269 g/mol. The molecule has 0 amide bonds. The van der Waals surface area contributed by atoms with Crippen molar-refractivity contribution in [2.24, 2.45) is 0 Å². The van der Waals surface area contributed by atoms with E-state index in [4.69, 9.17) is 11.6 Å². The summed E-state index contributed by atoms with van der Waals surface area (Å²) in [5.74, 6) is 0.714. The van der Waals surface area contributed by atoms with Gasteiger partial charge in [-0.25, -0.2) is 4.39 Å². The molecule has 2 rings (SSSR count). The van der Waals surface area contributed by atoms with Crippen LogP contribution in [-0.2, 0) is 0 Å². The van der Waals surface area contributed by atoms with Crippen molar-refractivity contribution in [2.45, 2.75) is 4.90 Å². The van der Waals surface area contributed by atoms with E-state index in [0.29, 0.717) is 0 Å². The maximum Gasteiger partial charge on any atom is 0.123 e. The van der Waals surface area contributed by atoms with Crippen molar-refractivity contribution in [3.05, 3.63) is 59.4 Å². The molecule has 1 N–H and O–H groups in total. The number of thioether (sulfide) groups is 1. The third-order valence-electron chi connectivity index (χ3n) is 2.34. The molecule has 0 saturated heterocycles. The van der Waals surface area contributed by atoms with Crippen molar-refractivity contribution in [3.8, 4) is 0 Å². The van der Waals surface area contributed by atoms with Crippen molar-refractivity contribution >= 4 is 29.1 Å². The van der Waals surface area contributed by atoms with Crippen LogP contribution in [0.2, 0.25) is 5.02 Å². The molecule has 0 aliphatic heterocycles. The first kappa shape index (κ1) is 13.2. The number of halogens is 2. The van der Waals surface area contributed by atoms with Gasteiger partial charge in [-0.1, -0.05) is 17.7 Å². The zero-order valence-corrected chi connectivity index (χ0v) is 11.3. The minimum atomic E-state index is -0.214. The van der Waals surface area contributed by atoms with Gasteiger partial charge < -0.3 is 5.32 Å². The van der Waals surface area contributed by atoms with Crippen molar-refractivity contribution in [1.82, 2.24) is 0 Å². The van der Waals surface area contributed by atoms with E-state index in [1.807, 2.05) is 24.3 Å². The van der Waals surface area contributed by atoms with E-state index >= 15 is 0 Å². The minimum Gasteiger partial charge on any atom is -0.384 e. The topological polar surface area (TPSA) is 12.0 Å². The average molecular weight is 282 g/mol. The Morgan fingerprint density at radius 1 is 1.11 bits per heavy atom. The molecule has 4 heteroatoms. The van der Waals surface area contributed by atoms with E-state index < -0.39 is 0 Å². The van der Waals surface area contributed by atoms with Crippen LogP contribution in [0.25, 0.3) is 0 Å². The lowest BCUT2D eigenvalue weighted by atomic mass is 10.3. The summed E-state index contributed by atoms with van der Waals surface area (Å²) in [5.41, 5.74) is 0.933. The van der Waals surface area contributed by atoms with Crippen LogP contribution in [0, 0.1) is 5.82 Å². The second kappa shape index (κ2) is 6.66. The van der Waals surface area contributed by atoms with Crippen LogP contribution in [0.1, 0.15) is 0 Å². The lowest BCUT2D eigenvalue weighted by Gasteiger charge is -2.06. The zero-order valence-electron chi connectivity index (χ0n) is 9.70. The Bertz CT molecular complexity index is 501. The predicted octanol–water partition coefficient (Wildman–Crippen LogP) is 4.68. The molecule has 2 aromatic carbocycles. The summed E-state index contributed by atoms with van der Waals surface area (Å²) in [6.07, 6.45) is 0. The van der Waals surface area contributed by atoms with Crippen LogP contribution in [0.3, 0.4) is 0 Å². The van der Waals surface area contributed by atoms with Gasteiger partial charge in [0.25, 0.3) is 0 Å². The van der Waals surface area contributed by atoms with Gasteiger partial charge in [0.1, 0.15) is 5.82 Å². The SMILES string of the molecule is Fc1ccc(NCCSc2cccc(Cl)c2)cc1. The second-order valence-corrected chi connectivity index (χ2v) is 5.34. The molecule has 0 atom stereocenters. The van der Waals surface area contributed by atoms with Gasteiger partial charge in [-0.05, 0) is 42.5 Å². The lowest BCUT2D eigenvalue weighted by molar-refractivity contribution is 0.628. The van der Waals surface area contributed by atoms with Gasteiger partial charge in [-0.15, -0.1) is 11.8 Å². The summed E-state index contributed by atoms with van der Waals surface area (Å²) < 4.78 is 12.7. The summed E-state index contributed by atoms with van der Waals surface area (Å²) in [4.78, 5) is 1.16. The Kier molecular flexibility index (Phi) is 4.90. The molecule has 0 fully saturated rings. The molecule has 0 unspecified atom stereocenters. The van der Waals surface area contributed by atoms with Gasteiger partial charge in [0.2, 0.25) is 0 Å². The quantitative estimate of drug-likeness (QED) is 0.631. The first-order valence-corrected chi connectivity index (χ1v) is 6.98. The monoisotopic (exact) mass is 281 g/mol. The van der Waals surface area contributed by atoms with E-state index in [2.05, 4.69) is 5.32 Å². The fourth-order valence-electron chi connectivity index (χ4n) is 1.49. The van der Waals surface area contributed by atoms with Crippen LogP contribution < -0.4 is 5.32 Å². The summed E-state index contributed by atoms with van der Waals surface area (Å²) in [7, 11) is 0. The normalized spacial score (nSPS) is 10.3. The van der Waals surface area contributed by atoms with Crippen molar-refractivity contribution in [2.75, 3.05) is 17.6 Å². The number of hydrogen-bond acceptors (Lipinski definition) is 2. The maximum atomic E-state index is 12.7. The van der Waals surface area contributed by atoms with E-state index in [1.165, 1.54) is 12.1 Å². The number of nitrogens with one attached hydrogen (secondary N) is 1. The zero-order chi connectivity index (χ0) is 12.8. The smallest absolute Gasteiger partial charge is 0.123 e. The molecule has 0 heterocycles. The molecular formula is C14H13ClFNS. The fourth-order valence-corrected chi connectivity index (χ4v) is 2.57. The maximum absolute atomic E-state index is 12.7. The van der Waals surface area contributed by atoms with Crippen LogP contribution in [-0.4, -0.2) is 12.3 Å². The summed E-state index contributed by atoms with van der Waals surface area (Å²) >= 11 is 7.64. The largest absolute Gasteiger partial charge is 0.384 e. The van der Waals surface area contributed by atoms with Crippen molar-refractivity contribution < 1.29 is 4.39 Å². The van der Waals surface area contributed by atoms with Crippen molar-refractivity contribution in [3.63, 3.8) is 0 Å². The predicted molar refractivity (Wildman–Crippen MR) is 77.1 cm³/mol. The van der Waals surface area contributed by atoms with Crippen LogP contribution in [0.5, 0.6) is 0 Å². The molecule has 0 aliphatic carbocycles. The van der Waals surface area contributed by atoms with Gasteiger partial charge in [0.05, 0.1) is 0 Å². The Labute approximate surface area is 115 Å². The summed E-state index contributed by atoms with van der Waals surface area (Å²) in [6.45, 7) is 0.822. The molecule has 18 heavy (non-hydrogen) atoms. The van der Waals surface area contributed by atoms with Gasteiger partial charge in [-0.2, -0.15) is 0 Å². The van der Waals surface area contributed by atoms with Gasteiger partial charge >= 0.3 is 0 Å². The fraction of sp³-hybridized carbons (Fsp3) is 0.143. The standard InChI is InChI=1S/C14H13ClFNS/c15-11-2-1-3-14(10-11)18-9-8-17-13-6-4-12(16)5-7-13/h1-7,10,17H,8-9H2. The highest BCUT2D eigenvalue weighted by molar-refractivity contribution is 7.99. The number of rotatable bonds is 5. The molecule has 1 nitrogen and oxygen atoms in total. The molecule has 0 bridgehead atoms. The number of benzene rings is 2. The average Bonchev–Trinajstić information content (AvgIpc) is 2.37. The molecule has 0 radical (unpaired) electrons. The summed E-state index contributed by atoms with van der Waals surface area (Å²) in [5, 5.41) is 3.99. The highest BCUT2D eigenvalue weighted by atomic mass is 35.5. The second-order valence-electron chi connectivity index (χ2n) is 3.74. The van der Waals surface area contributed by atoms with E-state index in [9.17, 15) is 4.39 Å². The third kappa shape index (κ3) is 4.24. The van der Waals surface area contributed by atoms with E-state index in [-0.39, 0.29) is 5.82 Å². The number of anilines is 1. The van der Waals surface area contributed by atoms with Gasteiger partial charge in [0.15, 0.2) is 0 Å². The van der Waals surface area contributed by atoms with Crippen LogP contribution >= 0.6 is 23.4 Å². The number of hydrogen-bond donors (Lipinski definition) is 1. The van der Waals surface area contributed by atoms with Crippen LogP contribution in [0.15, 0.2) is 53.4 Å². The Hall–Kier alpha value is -1.19. The highest BCUT2D eigenvalue weighted by Gasteiger charge is 1.96. The minimum absolute atomic E-state index is 0.214.